The van der Waals surface area contributed by atoms with Crippen molar-refractivity contribution in [2.24, 2.45) is 0 Å². The van der Waals surface area contributed by atoms with Gasteiger partial charge in [-0.15, -0.1) is 0 Å². The number of hydrogen-bond acceptors (Lipinski definition) is 4. The Labute approximate surface area is 102 Å². The molecule has 2 amide bonds. The Kier molecular flexibility index (Phi) is 5.93. The standard InChI is InChI=1S/C11H21N3O3/c1-10(16)2-3-12-11(17)14-6-4-13(5-7-14)8-9-15/h15H,2-9H2,1H3,(H,12,17). The number of carbonyl (C=O) groups excluding carboxylic acids is 2. The van der Waals surface area contributed by atoms with Crippen LogP contribution in [0.3, 0.4) is 0 Å². The first kappa shape index (κ1) is 13.9. The van der Waals surface area contributed by atoms with Crippen LogP contribution in [0.1, 0.15) is 13.3 Å². The maximum Gasteiger partial charge on any atom is 0.317 e. The van der Waals surface area contributed by atoms with Crippen LogP contribution in [0.2, 0.25) is 0 Å². The second-order valence-electron chi connectivity index (χ2n) is 4.24. The maximum atomic E-state index is 11.7. The Balaban J connectivity index is 2.19. The molecule has 0 aromatic rings. The molecule has 1 saturated heterocycles. The van der Waals surface area contributed by atoms with Gasteiger partial charge in [-0.25, -0.2) is 4.79 Å². The number of nitrogens with one attached hydrogen (secondary N) is 1. The molecular formula is C11H21N3O3. The van der Waals surface area contributed by atoms with Crippen molar-refractivity contribution in [1.82, 2.24) is 15.1 Å². The average Bonchev–Trinajstić information content (AvgIpc) is 2.30. The molecule has 0 saturated carbocycles. The molecule has 0 atom stereocenters. The number of aliphatic hydroxyl groups excluding tert-OH is 1. The van der Waals surface area contributed by atoms with Gasteiger partial charge in [-0.3, -0.25) is 9.69 Å². The summed E-state index contributed by atoms with van der Waals surface area (Å²) in [6.07, 6.45) is 0.385. The Morgan fingerprint density at radius 2 is 1.88 bits per heavy atom. The van der Waals surface area contributed by atoms with Gasteiger partial charge in [0, 0.05) is 45.7 Å². The van der Waals surface area contributed by atoms with Crippen LogP contribution < -0.4 is 5.32 Å². The van der Waals surface area contributed by atoms with Gasteiger partial charge in [0.05, 0.1) is 6.61 Å². The zero-order chi connectivity index (χ0) is 12.7. The molecule has 1 aliphatic heterocycles. The van der Waals surface area contributed by atoms with Crippen LogP contribution in [0.4, 0.5) is 4.79 Å². The minimum absolute atomic E-state index is 0.0815. The first-order valence-electron chi connectivity index (χ1n) is 5.99. The first-order valence-corrected chi connectivity index (χ1v) is 5.99. The van der Waals surface area contributed by atoms with E-state index < -0.39 is 0 Å². The van der Waals surface area contributed by atoms with E-state index in [9.17, 15) is 9.59 Å². The molecule has 6 heteroatoms. The summed E-state index contributed by atoms with van der Waals surface area (Å²) in [5, 5.41) is 11.5. The van der Waals surface area contributed by atoms with Crippen LogP contribution in [-0.4, -0.2) is 72.6 Å². The number of Topliss-reactive ketones (excluding diaryl/α,β-unsaturated/α-hetero) is 1. The van der Waals surface area contributed by atoms with E-state index in [0.717, 1.165) is 13.1 Å². The zero-order valence-electron chi connectivity index (χ0n) is 10.3. The van der Waals surface area contributed by atoms with Gasteiger partial charge in [0.1, 0.15) is 5.78 Å². The molecule has 1 heterocycles. The minimum atomic E-state index is -0.102. The van der Waals surface area contributed by atoms with E-state index in [2.05, 4.69) is 10.2 Å². The Bertz CT molecular complexity index is 263. The van der Waals surface area contributed by atoms with Gasteiger partial charge in [0.2, 0.25) is 0 Å². The summed E-state index contributed by atoms with van der Waals surface area (Å²) in [4.78, 5) is 26.3. The quantitative estimate of drug-likeness (QED) is 0.669. The number of β-amino-alcohol motifs (C(OH)–C–C–N with tert-alkyl or cyclic N) is 1. The lowest BCUT2D eigenvalue weighted by Crippen LogP contribution is -2.52. The third-order valence-corrected chi connectivity index (χ3v) is 2.83. The third-order valence-electron chi connectivity index (χ3n) is 2.83. The van der Waals surface area contributed by atoms with Crippen molar-refractivity contribution in [1.29, 1.82) is 0 Å². The van der Waals surface area contributed by atoms with Gasteiger partial charge in [-0.2, -0.15) is 0 Å². The van der Waals surface area contributed by atoms with Gasteiger partial charge in [0.15, 0.2) is 0 Å². The number of carbonyl (C=O) groups is 2. The van der Waals surface area contributed by atoms with E-state index in [4.69, 9.17) is 5.11 Å². The highest BCUT2D eigenvalue weighted by Crippen LogP contribution is 2.01. The molecule has 0 unspecified atom stereocenters. The summed E-state index contributed by atoms with van der Waals surface area (Å²) in [6, 6.07) is -0.102. The summed E-state index contributed by atoms with van der Waals surface area (Å²) in [5.74, 6) is 0.0815. The molecule has 2 N–H and O–H groups in total. The van der Waals surface area contributed by atoms with Crippen molar-refractivity contribution >= 4 is 11.8 Å². The summed E-state index contributed by atoms with van der Waals surface area (Å²) >= 11 is 0. The third kappa shape index (κ3) is 5.14. The highest BCUT2D eigenvalue weighted by atomic mass is 16.3. The lowest BCUT2D eigenvalue weighted by molar-refractivity contribution is -0.116. The Morgan fingerprint density at radius 1 is 1.24 bits per heavy atom. The fourth-order valence-electron chi connectivity index (χ4n) is 1.77. The van der Waals surface area contributed by atoms with E-state index in [1.165, 1.54) is 6.92 Å². The van der Waals surface area contributed by atoms with E-state index in [-0.39, 0.29) is 18.4 Å². The molecule has 0 aromatic heterocycles. The van der Waals surface area contributed by atoms with Crippen LogP contribution >= 0.6 is 0 Å². The normalized spacial score (nSPS) is 16.9. The van der Waals surface area contributed by atoms with Crippen LogP contribution in [0.5, 0.6) is 0 Å². The van der Waals surface area contributed by atoms with Crippen LogP contribution in [0.25, 0.3) is 0 Å². The second-order valence-corrected chi connectivity index (χ2v) is 4.24. The zero-order valence-corrected chi connectivity index (χ0v) is 10.3. The predicted octanol–water partition coefficient (Wildman–Crippen LogP) is -0.715. The summed E-state index contributed by atoms with van der Waals surface area (Å²) in [7, 11) is 0. The van der Waals surface area contributed by atoms with Crippen molar-refractivity contribution in [2.45, 2.75) is 13.3 Å². The fourth-order valence-corrected chi connectivity index (χ4v) is 1.77. The first-order chi connectivity index (χ1) is 8.13. The van der Waals surface area contributed by atoms with Crippen LogP contribution in [0.15, 0.2) is 0 Å². The number of nitrogens with zero attached hydrogens (tertiary/aromatic N) is 2. The smallest absolute Gasteiger partial charge is 0.317 e. The number of aliphatic hydroxyl groups is 1. The molecule has 0 radical (unpaired) electrons. The summed E-state index contributed by atoms with van der Waals surface area (Å²) in [6.45, 7) is 5.68. The summed E-state index contributed by atoms with van der Waals surface area (Å²) < 4.78 is 0. The fraction of sp³-hybridized carbons (Fsp3) is 0.818. The van der Waals surface area contributed by atoms with E-state index in [0.29, 0.717) is 32.6 Å². The van der Waals surface area contributed by atoms with Gasteiger partial charge in [-0.1, -0.05) is 0 Å². The van der Waals surface area contributed by atoms with Crippen molar-refractivity contribution in [3.05, 3.63) is 0 Å². The number of ketones is 1. The lowest BCUT2D eigenvalue weighted by Gasteiger charge is -2.34. The number of piperazine rings is 1. The van der Waals surface area contributed by atoms with Crippen molar-refractivity contribution in [3.63, 3.8) is 0 Å². The molecule has 0 bridgehead atoms. The van der Waals surface area contributed by atoms with Gasteiger partial charge >= 0.3 is 6.03 Å². The predicted molar refractivity (Wildman–Crippen MR) is 63.8 cm³/mol. The van der Waals surface area contributed by atoms with E-state index >= 15 is 0 Å². The maximum absolute atomic E-state index is 11.7. The van der Waals surface area contributed by atoms with Crippen LogP contribution in [0, 0.1) is 0 Å². The number of amides is 2. The molecule has 0 aliphatic carbocycles. The molecular weight excluding hydrogens is 222 g/mol. The minimum Gasteiger partial charge on any atom is -0.395 e. The van der Waals surface area contributed by atoms with Crippen LogP contribution in [-0.2, 0) is 4.79 Å². The van der Waals surface area contributed by atoms with Gasteiger partial charge in [-0.05, 0) is 6.92 Å². The molecule has 98 valence electrons. The largest absolute Gasteiger partial charge is 0.395 e. The average molecular weight is 243 g/mol. The topological polar surface area (TPSA) is 72.9 Å². The van der Waals surface area contributed by atoms with E-state index in [1.807, 2.05) is 0 Å². The Morgan fingerprint density at radius 3 is 2.41 bits per heavy atom. The van der Waals surface area contributed by atoms with Gasteiger partial charge in [0.25, 0.3) is 0 Å². The lowest BCUT2D eigenvalue weighted by atomic mass is 10.3. The molecule has 1 aliphatic rings. The number of rotatable bonds is 5. The number of hydrogen-bond donors (Lipinski definition) is 2. The molecule has 6 nitrogen and oxygen atoms in total. The SMILES string of the molecule is CC(=O)CCNC(=O)N1CCN(CCO)CC1. The van der Waals surface area contributed by atoms with Crippen molar-refractivity contribution in [2.75, 3.05) is 45.9 Å². The highest BCUT2D eigenvalue weighted by molar-refractivity contribution is 5.78. The monoisotopic (exact) mass is 243 g/mol. The molecule has 1 fully saturated rings. The Hall–Kier alpha value is -1.14. The van der Waals surface area contributed by atoms with Crippen molar-refractivity contribution in [3.8, 4) is 0 Å². The number of urea groups is 1. The van der Waals surface area contributed by atoms with E-state index in [1.54, 1.807) is 4.90 Å². The highest BCUT2D eigenvalue weighted by Gasteiger charge is 2.20. The van der Waals surface area contributed by atoms with Crippen molar-refractivity contribution < 1.29 is 14.7 Å². The summed E-state index contributed by atoms with van der Waals surface area (Å²) in [5.41, 5.74) is 0. The molecule has 0 spiro atoms. The molecule has 0 aromatic carbocycles. The molecule has 17 heavy (non-hydrogen) atoms. The van der Waals surface area contributed by atoms with Gasteiger partial charge < -0.3 is 15.3 Å². The second kappa shape index (κ2) is 7.24. The molecule has 1 rings (SSSR count).